The number of methoxy groups -OCH3 is 1. The maximum Gasteiger partial charge on any atom is 0.252 e. The van der Waals surface area contributed by atoms with Gasteiger partial charge in [-0.05, 0) is 12.1 Å². The second kappa shape index (κ2) is 6.06. The smallest absolute Gasteiger partial charge is 0.252 e. The summed E-state index contributed by atoms with van der Waals surface area (Å²) in [4.78, 5) is 24.2. The number of hydrogen-bond donors (Lipinski definition) is 2. The van der Waals surface area contributed by atoms with Crippen molar-refractivity contribution in [2.75, 3.05) is 20.3 Å². The molecule has 1 amide bonds. The molecule has 104 valence electrons. The van der Waals surface area contributed by atoms with Gasteiger partial charge in [-0.15, -0.1) is 0 Å². The molecule has 0 fully saturated rings. The summed E-state index contributed by atoms with van der Waals surface area (Å²) in [6, 6.07) is 6.46. The summed E-state index contributed by atoms with van der Waals surface area (Å²) in [5, 5.41) is 12.0. The van der Waals surface area contributed by atoms with Gasteiger partial charge in [0.2, 0.25) is 5.82 Å². The number of amides is 1. The lowest BCUT2D eigenvalue weighted by Gasteiger charge is -2.30. The fourth-order valence-corrected chi connectivity index (χ4v) is 1.94. The van der Waals surface area contributed by atoms with Gasteiger partial charge in [-0.3, -0.25) is 10.1 Å². The zero-order valence-corrected chi connectivity index (χ0v) is 10.9. The molecule has 0 aromatic heterocycles. The summed E-state index contributed by atoms with van der Waals surface area (Å²) in [5.74, 6) is 1.42. The maximum atomic E-state index is 11.6. The molecule has 2 N–H and O–H groups in total. The average molecular weight is 274 g/mol. The molecular formula is C14H14N2O4. The van der Waals surface area contributed by atoms with E-state index in [-0.39, 0.29) is 11.6 Å². The van der Waals surface area contributed by atoms with Crippen LogP contribution in [0.5, 0.6) is 5.75 Å². The van der Waals surface area contributed by atoms with E-state index in [4.69, 9.17) is 4.74 Å². The Balaban J connectivity index is 2.44. The van der Waals surface area contributed by atoms with Crippen molar-refractivity contribution in [2.45, 2.75) is 0 Å². The number of nitrogens with one attached hydrogen (secondary N) is 1. The van der Waals surface area contributed by atoms with Crippen LogP contribution in [-0.2, 0) is 14.3 Å². The minimum atomic E-state index is -0.407. The third-order valence-electron chi connectivity index (χ3n) is 2.83. The number of carbonyl (C=O) groups is 1. The molecular weight excluding hydrogens is 260 g/mol. The fraction of sp³-hybridized carbons (Fsp3) is 0.214. The molecule has 1 aliphatic heterocycles. The summed E-state index contributed by atoms with van der Waals surface area (Å²) in [6.07, 6.45) is 1.37. The first-order valence-corrected chi connectivity index (χ1v) is 5.99. The molecule has 0 radical (unpaired) electrons. The van der Waals surface area contributed by atoms with E-state index in [9.17, 15) is 14.7 Å². The standard InChI is InChI=1S/C14H14N2O4/c1-20-6-5-16-12(8-14(19)15-13(16)9-17)10-3-2-4-11(18)7-10/h2-4,7-8,18H,5-6H2,1H3,(H,15,19). The quantitative estimate of drug-likeness (QED) is 0.781. The third kappa shape index (κ3) is 2.88. The van der Waals surface area contributed by atoms with E-state index in [1.807, 2.05) is 0 Å². The molecule has 0 saturated carbocycles. The Hall–Kier alpha value is -2.56. The van der Waals surface area contributed by atoms with Gasteiger partial charge in [-0.25, -0.2) is 4.79 Å². The Morgan fingerprint density at radius 2 is 2.25 bits per heavy atom. The number of rotatable bonds is 4. The maximum absolute atomic E-state index is 11.6. The highest BCUT2D eigenvalue weighted by molar-refractivity contribution is 5.99. The average Bonchev–Trinajstić information content (AvgIpc) is 2.45. The van der Waals surface area contributed by atoms with Crippen LogP contribution in [0.15, 0.2) is 36.2 Å². The molecule has 20 heavy (non-hydrogen) atoms. The second-order valence-electron chi connectivity index (χ2n) is 4.16. The number of hydrogen-bond acceptors (Lipinski definition) is 5. The number of phenolic OH excluding ortho intramolecular Hbond substituents is 1. The van der Waals surface area contributed by atoms with Crippen LogP contribution in [0.25, 0.3) is 5.70 Å². The molecule has 1 aromatic rings. The predicted octanol–water partition coefficient (Wildman–Crippen LogP) is 0.484. The van der Waals surface area contributed by atoms with Gasteiger partial charge < -0.3 is 14.7 Å². The van der Waals surface area contributed by atoms with E-state index >= 15 is 0 Å². The van der Waals surface area contributed by atoms with E-state index in [0.717, 1.165) is 0 Å². The van der Waals surface area contributed by atoms with Crippen LogP contribution in [0, 0.1) is 0 Å². The SMILES string of the molecule is COCCN1C(=C=O)NC(=O)C=C1c1cccc(O)c1. The Morgan fingerprint density at radius 3 is 2.90 bits per heavy atom. The van der Waals surface area contributed by atoms with Crippen molar-refractivity contribution < 1.29 is 19.4 Å². The van der Waals surface area contributed by atoms with Gasteiger partial charge in [0.15, 0.2) is 5.94 Å². The highest BCUT2D eigenvalue weighted by Gasteiger charge is 2.24. The van der Waals surface area contributed by atoms with Gasteiger partial charge in [0.25, 0.3) is 5.91 Å². The fourth-order valence-electron chi connectivity index (χ4n) is 1.94. The molecule has 6 heteroatoms. The largest absolute Gasteiger partial charge is 0.508 e. The van der Waals surface area contributed by atoms with E-state index in [2.05, 4.69) is 5.32 Å². The summed E-state index contributed by atoms with van der Waals surface area (Å²) >= 11 is 0. The predicted molar refractivity (Wildman–Crippen MR) is 72.0 cm³/mol. The minimum Gasteiger partial charge on any atom is -0.508 e. The van der Waals surface area contributed by atoms with Gasteiger partial charge in [-0.1, -0.05) is 12.1 Å². The first kappa shape index (κ1) is 13.9. The molecule has 1 aliphatic rings. The molecule has 0 saturated heterocycles. The van der Waals surface area contributed by atoms with Crippen LogP contribution in [0.4, 0.5) is 0 Å². The topological polar surface area (TPSA) is 78.9 Å². The van der Waals surface area contributed by atoms with Crippen LogP contribution in [-0.4, -0.2) is 42.1 Å². The van der Waals surface area contributed by atoms with Gasteiger partial charge in [0, 0.05) is 25.3 Å². The lowest BCUT2D eigenvalue weighted by Crippen LogP contribution is -2.40. The normalized spacial score (nSPS) is 14.7. The van der Waals surface area contributed by atoms with Crippen molar-refractivity contribution >= 4 is 17.5 Å². The van der Waals surface area contributed by atoms with Crippen molar-refractivity contribution in [1.82, 2.24) is 10.2 Å². The number of benzene rings is 1. The second-order valence-corrected chi connectivity index (χ2v) is 4.16. The Morgan fingerprint density at radius 1 is 1.45 bits per heavy atom. The highest BCUT2D eigenvalue weighted by Crippen LogP contribution is 2.26. The zero-order chi connectivity index (χ0) is 14.5. The molecule has 1 aromatic carbocycles. The first-order chi connectivity index (χ1) is 9.65. The summed E-state index contributed by atoms with van der Waals surface area (Å²) in [7, 11) is 1.55. The molecule has 1 heterocycles. The summed E-state index contributed by atoms with van der Waals surface area (Å²) in [6.45, 7) is 0.750. The molecule has 0 aliphatic carbocycles. The lowest BCUT2D eigenvalue weighted by atomic mass is 10.1. The molecule has 0 atom stereocenters. The van der Waals surface area contributed by atoms with Gasteiger partial charge in [-0.2, -0.15) is 0 Å². The number of carbonyl (C=O) groups excluding carboxylic acids is 2. The van der Waals surface area contributed by atoms with E-state index in [1.54, 1.807) is 30.1 Å². The van der Waals surface area contributed by atoms with Crippen molar-refractivity contribution in [3.63, 3.8) is 0 Å². The van der Waals surface area contributed by atoms with Crippen LogP contribution >= 0.6 is 0 Å². The Kier molecular flexibility index (Phi) is 4.20. The van der Waals surface area contributed by atoms with Crippen LogP contribution in [0.2, 0.25) is 0 Å². The van der Waals surface area contributed by atoms with Gasteiger partial charge >= 0.3 is 0 Å². The zero-order valence-electron chi connectivity index (χ0n) is 10.9. The Labute approximate surface area is 116 Å². The third-order valence-corrected chi connectivity index (χ3v) is 2.83. The number of nitrogens with zero attached hydrogens (tertiary/aromatic N) is 1. The van der Waals surface area contributed by atoms with Crippen LogP contribution < -0.4 is 5.32 Å². The molecule has 2 rings (SSSR count). The van der Waals surface area contributed by atoms with Crippen molar-refractivity contribution in [3.8, 4) is 5.75 Å². The molecule has 6 nitrogen and oxygen atoms in total. The van der Waals surface area contributed by atoms with Crippen LogP contribution in [0.1, 0.15) is 5.56 Å². The minimum absolute atomic E-state index is 0.0351. The number of ether oxygens (including phenoxy) is 1. The van der Waals surface area contributed by atoms with E-state index in [0.29, 0.717) is 24.4 Å². The van der Waals surface area contributed by atoms with Crippen LogP contribution in [0.3, 0.4) is 0 Å². The summed E-state index contributed by atoms with van der Waals surface area (Å²) in [5.41, 5.74) is 1.14. The lowest BCUT2D eigenvalue weighted by molar-refractivity contribution is -0.116. The van der Waals surface area contributed by atoms with Gasteiger partial charge in [0.05, 0.1) is 12.3 Å². The Bertz CT molecular complexity index is 603. The first-order valence-electron chi connectivity index (χ1n) is 5.99. The summed E-state index contributed by atoms with van der Waals surface area (Å²) < 4.78 is 5.00. The molecule has 0 bridgehead atoms. The van der Waals surface area contributed by atoms with Crippen molar-refractivity contribution in [3.05, 3.63) is 41.7 Å². The monoisotopic (exact) mass is 274 g/mol. The highest BCUT2D eigenvalue weighted by atomic mass is 16.5. The number of phenols is 1. The molecule has 0 unspecified atom stereocenters. The van der Waals surface area contributed by atoms with Gasteiger partial charge in [0.1, 0.15) is 5.75 Å². The van der Waals surface area contributed by atoms with Crippen molar-refractivity contribution in [2.24, 2.45) is 0 Å². The number of aromatic hydroxyl groups is 1. The van der Waals surface area contributed by atoms with Crippen molar-refractivity contribution in [1.29, 1.82) is 0 Å². The molecule has 0 spiro atoms. The van der Waals surface area contributed by atoms with E-state index < -0.39 is 5.91 Å². The van der Waals surface area contributed by atoms with E-state index in [1.165, 1.54) is 18.2 Å².